The number of nitrogens with zero attached hydrogens (tertiary/aromatic N) is 3. The van der Waals surface area contributed by atoms with Gasteiger partial charge >= 0.3 is 5.97 Å². The van der Waals surface area contributed by atoms with E-state index in [-0.39, 0.29) is 22.3 Å². The quantitative estimate of drug-likeness (QED) is 0.336. The molecule has 3 heterocycles. The van der Waals surface area contributed by atoms with Crippen LogP contribution in [-0.2, 0) is 11.3 Å². The minimum Gasteiger partial charge on any atom is -0.465 e. The lowest BCUT2D eigenvalue weighted by Crippen LogP contribution is -2.41. The van der Waals surface area contributed by atoms with Gasteiger partial charge in [-0.3, -0.25) is 9.20 Å². The van der Waals surface area contributed by atoms with Crippen LogP contribution in [0.25, 0.3) is 16.7 Å². The Bertz CT molecular complexity index is 1050. The van der Waals surface area contributed by atoms with E-state index < -0.39 is 5.97 Å². The molecule has 0 unspecified atom stereocenters. The van der Waals surface area contributed by atoms with Gasteiger partial charge in [-0.15, -0.1) is 0 Å². The van der Waals surface area contributed by atoms with Crippen LogP contribution in [0.15, 0.2) is 41.8 Å². The number of esters is 1. The highest BCUT2D eigenvalue weighted by Gasteiger charge is 2.24. The lowest BCUT2D eigenvalue weighted by atomic mass is 10.2. The third-order valence-electron chi connectivity index (χ3n) is 3.81. The number of ether oxygens (including phenoxy) is 1. The molecule has 0 bridgehead atoms. The van der Waals surface area contributed by atoms with Gasteiger partial charge in [-0.2, -0.15) is 0 Å². The zero-order valence-corrected chi connectivity index (χ0v) is 13.4. The number of carbonyl (C=O) groups excluding carboxylic acids is 1. The number of aryl methyl sites for hydroxylation is 1. The molecule has 3 aromatic heterocycles. The van der Waals surface area contributed by atoms with Crippen LogP contribution in [0.4, 0.5) is 5.82 Å². The Kier molecular flexibility index (Phi) is 3.76. The Morgan fingerprint density at radius 3 is 2.92 bits per heavy atom. The van der Waals surface area contributed by atoms with Crippen molar-refractivity contribution in [2.75, 3.05) is 12.8 Å². The summed E-state index contributed by atoms with van der Waals surface area (Å²) in [7, 11) is 1.26. The van der Waals surface area contributed by atoms with E-state index in [1.807, 2.05) is 13.0 Å². The normalized spacial score (nSPS) is 10.9. The standard InChI is InChI=1S/C17H16N4O3/c1-4-7-20-14(18)11(17(23)24-3)8-12-15(20)19-13-6-5-10(2)9-21(13)16(12)22/h4-6,8-9,18H,1,7H2,2-3H3/p+1. The van der Waals surface area contributed by atoms with Gasteiger partial charge in [0.05, 0.1) is 13.7 Å². The number of fused-ring (bicyclic) bond motifs is 2. The largest absolute Gasteiger partial charge is 0.465 e. The first-order valence-corrected chi connectivity index (χ1v) is 7.32. The number of carbonyl (C=O) groups is 1. The average Bonchev–Trinajstić information content (AvgIpc) is 2.57. The van der Waals surface area contributed by atoms with E-state index in [0.717, 1.165) is 5.56 Å². The molecule has 0 amide bonds. The van der Waals surface area contributed by atoms with Crippen LogP contribution in [0.2, 0.25) is 0 Å². The third-order valence-corrected chi connectivity index (χ3v) is 3.81. The molecule has 0 saturated heterocycles. The van der Waals surface area contributed by atoms with E-state index in [4.69, 9.17) is 10.5 Å². The molecule has 122 valence electrons. The molecule has 0 atom stereocenters. The number of rotatable bonds is 3. The van der Waals surface area contributed by atoms with Crippen molar-refractivity contribution in [1.29, 1.82) is 0 Å². The number of allylic oxidation sites excluding steroid dienone is 1. The highest BCUT2D eigenvalue weighted by atomic mass is 16.5. The smallest absolute Gasteiger partial charge is 0.344 e. The van der Waals surface area contributed by atoms with Crippen molar-refractivity contribution in [2.24, 2.45) is 0 Å². The van der Waals surface area contributed by atoms with E-state index in [9.17, 15) is 9.59 Å². The minimum atomic E-state index is -0.610. The summed E-state index contributed by atoms with van der Waals surface area (Å²) in [5.41, 5.74) is 7.77. The first kappa shape index (κ1) is 15.7. The van der Waals surface area contributed by atoms with Gasteiger partial charge in [-0.05, 0) is 24.6 Å². The van der Waals surface area contributed by atoms with Crippen molar-refractivity contribution >= 4 is 28.5 Å². The SMILES string of the molecule is C=CC[n+]1c(N)c(C(=O)OC)cc2c(=O)n3cc(C)ccc3nc21. The molecule has 3 aromatic rings. The summed E-state index contributed by atoms with van der Waals surface area (Å²) in [5.74, 6) is -0.432. The van der Waals surface area contributed by atoms with E-state index in [2.05, 4.69) is 11.6 Å². The van der Waals surface area contributed by atoms with Gasteiger partial charge in [0.25, 0.3) is 11.2 Å². The molecular formula is C17H17N4O3+. The molecule has 0 fully saturated rings. The predicted molar refractivity (Wildman–Crippen MR) is 89.8 cm³/mol. The van der Waals surface area contributed by atoms with Crippen molar-refractivity contribution in [1.82, 2.24) is 9.38 Å². The van der Waals surface area contributed by atoms with Gasteiger partial charge in [0.2, 0.25) is 11.5 Å². The molecule has 0 aromatic carbocycles. The van der Waals surface area contributed by atoms with Crippen molar-refractivity contribution in [2.45, 2.75) is 13.5 Å². The minimum absolute atomic E-state index is 0.123. The zero-order chi connectivity index (χ0) is 17.4. The maximum Gasteiger partial charge on any atom is 0.344 e. The second kappa shape index (κ2) is 5.77. The van der Waals surface area contributed by atoms with Gasteiger partial charge in [0.15, 0.2) is 0 Å². The van der Waals surface area contributed by atoms with Gasteiger partial charge in [0.1, 0.15) is 10.9 Å². The van der Waals surface area contributed by atoms with Gasteiger partial charge in [0, 0.05) is 6.20 Å². The van der Waals surface area contributed by atoms with Crippen LogP contribution < -0.4 is 15.9 Å². The van der Waals surface area contributed by atoms with Crippen LogP contribution in [0.5, 0.6) is 0 Å². The summed E-state index contributed by atoms with van der Waals surface area (Å²) in [6.07, 6.45) is 3.33. The second-order valence-electron chi connectivity index (χ2n) is 5.42. The van der Waals surface area contributed by atoms with E-state index in [1.165, 1.54) is 17.6 Å². The molecule has 7 heteroatoms. The lowest BCUT2D eigenvalue weighted by Gasteiger charge is -2.10. The van der Waals surface area contributed by atoms with Crippen LogP contribution in [0.3, 0.4) is 0 Å². The molecule has 0 saturated carbocycles. The molecule has 3 rings (SSSR count). The Balaban J connectivity index is 2.53. The first-order chi connectivity index (χ1) is 11.5. The number of nitrogens with two attached hydrogens (primary N) is 1. The van der Waals surface area contributed by atoms with Crippen molar-refractivity contribution < 1.29 is 14.1 Å². The summed E-state index contributed by atoms with van der Waals surface area (Å²) in [6.45, 7) is 5.88. The lowest BCUT2D eigenvalue weighted by molar-refractivity contribution is -0.648. The van der Waals surface area contributed by atoms with Crippen LogP contribution in [0.1, 0.15) is 15.9 Å². The van der Waals surface area contributed by atoms with Gasteiger partial charge in [-0.25, -0.2) is 9.36 Å². The summed E-state index contributed by atoms with van der Waals surface area (Å²) in [6, 6.07) is 5.07. The number of hydrogen-bond acceptors (Lipinski definition) is 5. The maximum absolute atomic E-state index is 12.9. The first-order valence-electron chi connectivity index (χ1n) is 7.32. The number of pyridine rings is 2. The number of hydrogen-bond donors (Lipinski definition) is 1. The van der Waals surface area contributed by atoms with E-state index >= 15 is 0 Å². The van der Waals surface area contributed by atoms with Crippen molar-refractivity contribution in [3.63, 3.8) is 0 Å². The maximum atomic E-state index is 12.9. The fraction of sp³-hybridized carbons (Fsp3) is 0.176. The second-order valence-corrected chi connectivity index (χ2v) is 5.42. The van der Waals surface area contributed by atoms with Crippen molar-refractivity contribution in [3.8, 4) is 0 Å². The molecule has 0 spiro atoms. The summed E-state index contributed by atoms with van der Waals surface area (Å²) >= 11 is 0. The average molecular weight is 325 g/mol. The molecule has 0 aliphatic carbocycles. The van der Waals surface area contributed by atoms with Crippen LogP contribution >= 0.6 is 0 Å². The fourth-order valence-electron chi connectivity index (χ4n) is 2.64. The van der Waals surface area contributed by atoms with Crippen LogP contribution in [0, 0.1) is 6.92 Å². The highest BCUT2D eigenvalue weighted by molar-refractivity contribution is 5.96. The highest BCUT2D eigenvalue weighted by Crippen LogP contribution is 2.15. The number of nitrogen functional groups attached to an aromatic ring is 1. The molecular weight excluding hydrogens is 308 g/mol. The molecule has 0 aliphatic rings. The summed E-state index contributed by atoms with van der Waals surface area (Å²) in [5, 5.41) is 0.287. The van der Waals surface area contributed by atoms with Gasteiger partial charge < -0.3 is 10.5 Å². The fourth-order valence-corrected chi connectivity index (χ4v) is 2.64. The third kappa shape index (κ3) is 2.30. The molecule has 7 nitrogen and oxygen atoms in total. The number of aromatic nitrogens is 3. The molecule has 0 aliphatic heterocycles. The Labute approximate surface area is 137 Å². The van der Waals surface area contributed by atoms with E-state index in [0.29, 0.717) is 17.8 Å². The Morgan fingerprint density at radius 1 is 1.50 bits per heavy atom. The van der Waals surface area contributed by atoms with Crippen molar-refractivity contribution in [3.05, 3.63) is 58.5 Å². The number of anilines is 1. The molecule has 0 radical (unpaired) electrons. The topological polar surface area (TPSA) is 90.6 Å². The molecule has 24 heavy (non-hydrogen) atoms. The van der Waals surface area contributed by atoms with E-state index in [1.54, 1.807) is 22.9 Å². The van der Waals surface area contributed by atoms with Crippen LogP contribution in [-0.4, -0.2) is 22.5 Å². The Morgan fingerprint density at radius 2 is 2.25 bits per heavy atom. The number of methoxy groups -OCH3 is 1. The summed E-state index contributed by atoms with van der Waals surface area (Å²) in [4.78, 5) is 29.4. The molecule has 2 N–H and O–H groups in total. The zero-order valence-electron chi connectivity index (χ0n) is 13.4. The monoisotopic (exact) mass is 325 g/mol. The summed E-state index contributed by atoms with van der Waals surface area (Å²) < 4.78 is 7.79. The van der Waals surface area contributed by atoms with Gasteiger partial charge in [-0.1, -0.05) is 23.7 Å². The predicted octanol–water partition coefficient (Wildman–Crippen LogP) is 0.998. The Hall–Kier alpha value is -3.22.